The van der Waals surface area contributed by atoms with Crippen molar-refractivity contribution in [2.45, 2.75) is 19.3 Å². The summed E-state index contributed by atoms with van der Waals surface area (Å²) in [6.07, 6.45) is 0.329. The number of nitrogens with zero attached hydrogens (tertiary/aromatic N) is 3. The number of methoxy groups -OCH3 is 2. The molecular formula is C22H21N5O3. The van der Waals surface area contributed by atoms with Crippen molar-refractivity contribution < 1.29 is 14.3 Å². The van der Waals surface area contributed by atoms with Gasteiger partial charge in [-0.05, 0) is 36.8 Å². The molecule has 1 atom stereocenters. The Bertz CT molecular complexity index is 1240. The first kappa shape index (κ1) is 18.2. The second kappa shape index (κ2) is 6.91. The molecule has 0 saturated heterocycles. The predicted molar refractivity (Wildman–Crippen MR) is 113 cm³/mol. The quantitative estimate of drug-likeness (QED) is 0.543. The number of hydrogen-bond acceptors (Lipinski definition) is 5. The van der Waals surface area contributed by atoms with Crippen molar-refractivity contribution in [2.24, 2.45) is 0 Å². The van der Waals surface area contributed by atoms with Crippen LogP contribution in [0.4, 0.5) is 5.82 Å². The molecule has 3 heterocycles. The molecule has 0 bridgehead atoms. The van der Waals surface area contributed by atoms with Gasteiger partial charge < -0.3 is 19.8 Å². The van der Waals surface area contributed by atoms with E-state index in [1.807, 2.05) is 49.4 Å². The van der Waals surface area contributed by atoms with Gasteiger partial charge in [0.15, 0.2) is 11.5 Å². The van der Waals surface area contributed by atoms with Crippen LogP contribution in [0.5, 0.6) is 11.5 Å². The number of aryl methyl sites for hydroxylation is 1. The lowest BCUT2D eigenvalue weighted by atomic mass is 9.85. The summed E-state index contributed by atoms with van der Waals surface area (Å²) in [7, 11) is 3.21. The average molecular weight is 403 g/mol. The summed E-state index contributed by atoms with van der Waals surface area (Å²) in [6, 6.07) is 13.5. The summed E-state index contributed by atoms with van der Waals surface area (Å²) in [6.45, 7) is 1.95. The fourth-order valence-electron chi connectivity index (χ4n) is 4.09. The van der Waals surface area contributed by atoms with Gasteiger partial charge in [-0.3, -0.25) is 4.79 Å². The average Bonchev–Trinajstić information content (AvgIpc) is 3.33. The van der Waals surface area contributed by atoms with Gasteiger partial charge >= 0.3 is 0 Å². The summed E-state index contributed by atoms with van der Waals surface area (Å²) in [5.41, 5.74) is 4.53. The number of hydrogen-bond donors (Lipinski definition) is 2. The van der Waals surface area contributed by atoms with Crippen LogP contribution in [0.1, 0.15) is 29.2 Å². The Morgan fingerprint density at radius 3 is 2.67 bits per heavy atom. The zero-order valence-electron chi connectivity index (χ0n) is 16.9. The van der Waals surface area contributed by atoms with E-state index in [0.717, 1.165) is 27.9 Å². The van der Waals surface area contributed by atoms with E-state index in [4.69, 9.17) is 14.6 Å². The lowest BCUT2D eigenvalue weighted by Gasteiger charge is -2.24. The topological polar surface area (TPSA) is 94.1 Å². The van der Waals surface area contributed by atoms with Crippen LogP contribution in [0.15, 0.2) is 42.5 Å². The molecule has 1 aliphatic rings. The zero-order chi connectivity index (χ0) is 20.8. The number of aromatic amines is 1. The molecule has 0 saturated carbocycles. The standard InChI is InChI=1S/C22H21N5O3/c1-12-20-14(13-8-9-17(29-2)18(10-13)30-3)11-19(28)25-21(20)27(26-12)22-23-15-6-4-5-7-16(15)24-22/h4-10,14H,11H2,1-3H3,(H,23,24)(H,25,28). The van der Waals surface area contributed by atoms with Gasteiger partial charge in [-0.15, -0.1) is 0 Å². The molecule has 8 heteroatoms. The summed E-state index contributed by atoms with van der Waals surface area (Å²) in [5, 5.41) is 7.69. The highest BCUT2D eigenvalue weighted by Crippen LogP contribution is 2.42. The minimum Gasteiger partial charge on any atom is -0.493 e. The van der Waals surface area contributed by atoms with E-state index >= 15 is 0 Å². The van der Waals surface area contributed by atoms with E-state index in [2.05, 4.69) is 15.3 Å². The minimum absolute atomic E-state index is 0.0699. The third-order valence-corrected chi connectivity index (χ3v) is 5.49. The lowest BCUT2D eigenvalue weighted by molar-refractivity contribution is -0.116. The van der Waals surface area contributed by atoms with Gasteiger partial charge in [0, 0.05) is 17.9 Å². The number of benzene rings is 2. The molecule has 5 rings (SSSR count). The van der Waals surface area contributed by atoms with E-state index in [1.54, 1.807) is 18.9 Å². The van der Waals surface area contributed by atoms with Crippen molar-refractivity contribution in [1.82, 2.24) is 19.7 Å². The molecule has 1 amide bonds. The Balaban J connectivity index is 1.65. The first-order valence-corrected chi connectivity index (χ1v) is 9.65. The molecule has 1 unspecified atom stereocenters. The van der Waals surface area contributed by atoms with Crippen LogP contribution in [0.2, 0.25) is 0 Å². The molecule has 0 radical (unpaired) electrons. The second-order valence-corrected chi connectivity index (χ2v) is 7.26. The fourth-order valence-corrected chi connectivity index (χ4v) is 4.09. The number of imidazole rings is 1. The second-order valence-electron chi connectivity index (χ2n) is 7.26. The Kier molecular flexibility index (Phi) is 4.20. The molecule has 152 valence electrons. The van der Waals surface area contributed by atoms with Crippen LogP contribution >= 0.6 is 0 Å². The van der Waals surface area contributed by atoms with Gasteiger partial charge in [0.05, 0.1) is 30.9 Å². The molecule has 0 spiro atoms. The van der Waals surface area contributed by atoms with Crippen molar-refractivity contribution in [2.75, 3.05) is 19.5 Å². The predicted octanol–water partition coefficient (Wildman–Crippen LogP) is 3.55. The number of aromatic nitrogens is 4. The van der Waals surface area contributed by atoms with Crippen LogP contribution in [0, 0.1) is 6.92 Å². The maximum Gasteiger partial charge on any atom is 0.231 e. The number of carbonyl (C=O) groups is 1. The van der Waals surface area contributed by atoms with E-state index in [-0.39, 0.29) is 11.8 Å². The number of nitrogens with one attached hydrogen (secondary N) is 2. The van der Waals surface area contributed by atoms with Crippen molar-refractivity contribution in [3.8, 4) is 17.4 Å². The van der Waals surface area contributed by atoms with Gasteiger partial charge in [0.1, 0.15) is 5.82 Å². The molecule has 4 aromatic rings. The molecule has 2 N–H and O–H groups in total. The van der Waals surface area contributed by atoms with E-state index < -0.39 is 0 Å². The van der Waals surface area contributed by atoms with Crippen LogP contribution in [0.3, 0.4) is 0 Å². The highest BCUT2D eigenvalue weighted by molar-refractivity contribution is 5.95. The third kappa shape index (κ3) is 2.80. The van der Waals surface area contributed by atoms with Gasteiger partial charge in [0.25, 0.3) is 0 Å². The Morgan fingerprint density at radius 2 is 1.90 bits per heavy atom. The summed E-state index contributed by atoms with van der Waals surface area (Å²) >= 11 is 0. The molecule has 1 aliphatic heterocycles. The van der Waals surface area contributed by atoms with Crippen LogP contribution in [-0.2, 0) is 4.79 Å². The normalized spacial score (nSPS) is 15.7. The first-order chi connectivity index (χ1) is 14.6. The zero-order valence-corrected chi connectivity index (χ0v) is 16.9. The molecule has 8 nitrogen and oxygen atoms in total. The SMILES string of the molecule is COc1ccc(C2CC(=O)Nc3c2c(C)nn3-c2nc3ccccc3[nH]2)cc1OC. The maximum absolute atomic E-state index is 12.6. The molecule has 2 aromatic carbocycles. The van der Waals surface area contributed by atoms with Gasteiger partial charge in [0.2, 0.25) is 11.9 Å². The smallest absolute Gasteiger partial charge is 0.231 e. The van der Waals surface area contributed by atoms with Crippen molar-refractivity contribution >= 4 is 22.8 Å². The van der Waals surface area contributed by atoms with Crippen LogP contribution in [0.25, 0.3) is 17.0 Å². The highest BCUT2D eigenvalue weighted by Gasteiger charge is 2.33. The molecular weight excluding hydrogens is 382 g/mol. The Labute approximate surface area is 172 Å². The number of anilines is 1. The number of para-hydroxylation sites is 2. The van der Waals surface area contributed by atoms with Gasteiger partial charge in [-0.25, -0.2) is 4.98 Å². The summed E-state index contributed by atoms with van der Waals surface area (Å²) in [4.78, 5) is 20.5. The van der Waals surface area contributed by atoms with Crippen LogP contribution < -0.4 is 14.8 Å². The number of carbonyl (C=O) groups excluding carboxylic acids is 1. The summed E-state index contributed by atoms with van der Waals surface area (Å²) in [5.74, 6) is 2.27. The van der Waals surface area contributed by atoms with E-state index in [1.165, 1.54) is 0 Å². The number of amides is 1. The highest BCUT2D eigenvalue weighted by atomic mass is 16.5. The maximum atomic E-state index is 12.6. The number of ether oxygens (including phenoxy) is 2. The van der Waals surface area contributed by atoms with Gasteiger partial charge in [-0.2, -0.15) is 9.78 Å². The van der Waals surface area contributed by atoms with Crippen LogP contribution in [-0.4, -0.2) is 39.9 Å². The van der Waals surface area contributed by atoms with E-state index in [9.17, 15) is 4.79 Å². The van der Waals surface area contributed by atoms with Crippen molar-refractivity contribution in [3.63, 3.8) is 0 Å². The largest absolute Gasteiger partial charge is 0.493 e. The number of rotatable bonds is 4. The van der Waals surface area contributed by atoms with E-state index in [0.29, 0.717) is 29.7 Å². The summed E-state index contributed by atoms with van der Waals surface area (Å²) < 4.78 is 12.5. The van der Waals surface area contributed by atoms with Crippen molar-refractivity contribution in [3.05, 3.63) is 59.3 Å². The van der Waals surface area contributed by atoms with Gasteiger partial charge in [-0.1, -0.05) is 18.2 Å². The first-order valence-electron chi connectivity index (χ1n) is 9.65. The Hall–Kier alpha value is -3.81. The molecule has 0 fully saturated rings. The number of fused-ring (bicyclic) bond motifs is 2. The third-order valence-electron chi connectivity index (χ3n) is 5.49. The van der Waals surface area contributed by atoms with Crippen molar-refractivity contribution in [1.29, 1.82) is 0 Å². The fraction of sp³-hybridized carbons (Fsp3) is 0.227. The number of H-pyrrole nitrogens is 1. The Morgan fingerprint density at radius 1 is 1.10 bits per heavy atom. The minimum atomic E-state index is -0.147. The molecule has 0 aliphatic carbocycles. The monoisotopic (exact) mass is 403 g/mol. The molecule has 2 aromatic heterocycles. The lowest BCUT2D eigenvalue weighted by Crippen LogP contribution is -2.25. The molecule has 30 heavy (non-hydrogen) atoms.